The number of rotatable bonds is 1. The summed E-state index contributed by atoms with van der Waals surface area (Å²) in [6, 6.07) is 0. The Morgan fingerprint density at radius 2 is 2.08 bits per heavy atom. The van der Waals surface area contributed by atoms with Crippen LogP contribution in [0.25, 0.3) is 0 Å². The molecule has 1 aliphatic carbocycles. The second-order valence-electron chi connectivity index (χ2n) is 7.04. The van der Waals surface area contributed by atoms with Crippen LogP contribution in [-0.2, 0) is 4.79 Å². The molecule has 1 unspecified atom stereocenters. The molecule has 1 N–H and O–H groups in total. The van der Waals surface area contributed by atoms with Gasteiger partial charge in [0.25, 0.3) is 0 Å². The number of hydrazine groups is 1. The first kappa shape index (κ1) is 16.3. The zero-order chi connectivity index (χ0) is 15.6. The largest absolute Gasteiger partial charge is 0.303 e. The molecule has 24 heavy (non-hydrogen) atoms. The molecule has 2 atom stereocenters. The predicted octanol–water partition coefficient (Wildman–Crippen LogP) is 2.07. The molecule has 0 radical (unpaired) electrons. The van der Waals surface area contributed by atoms with Gasteiger partial charge in [0.2, 0.25) is 0 Å². The van der Waals surface area contributed by atoms with Gasteiger partial charge in [0.1, 0.15) is 5.17 Å². The minimum atomic E-state index is -0.00434. The van der Waals surface area contributed by atoms with Gasteiger partial charge in [-0.1, -0.05) is 11.6 Å². The molecule has 5 heterocycles. The van der Waals surface area contributed by atoms with Gasteiger partial charge in [-0.3, -0.25) is 9.80 Å². The van der Waals surface area contributed by atoms with Crippen molar-refractivity contribution < 1.29 is 4.79 Å². The summed E-state index contributed by atoms with van der Waals surface area (Å²) in [7, 11) is 0. The highest BCUT2D eigenvalue weighted by molar-refractivity contribution is 6.70. The Kier molecular flexibility index (Phi) is 4.07. The molecule has 0 saturated carbocycles. The third kappa shape index (κ3) is 2.30. The van der Waals surface area contributed by atoms with Crippen LogP contribution in [0.15, 0.2) is 40.3 Å². The third-order valence-electron chi connectivity index (χ3n) is 5.97. The summed E-state index contributed by atoms with van der Waals surface area (Å²) in [5.41, 5.74) is 6.37. The zero-order valence-corrected chi connectivity index (χ0v) is 14.8. The highest BCUT2D eigenvalue weighted by Crippen LogP contribution is 2.45. The number of nitrogens with zero attached hydrogens (tertiary/aromatic N) is 3. The summed E-state index contributed by atoms with van der Waals surface area (Å²) in [6.45, 7) is 4.17. The Morgan fingerprint density at radius 3 is 2.79 bits per heavy atom. The summed E-state index contributed by atoms with van der Waals surface area (Å²) < 4.78 is 0. The minimum Gasteiger partial charge on any atom is -0.303 e. The number of aliphatic imine (C=N–C) groups is 1. The number of piperidine rings is 3. The van der Waals surface area contributed by atoms with Crippen LogP contribution in [-0.4, -0.2) is 47.0 Å². The normalized spacial score (nSPS) is 36.9. The highest BCUT2D eigenvalue weighted by Gasteiger charge is 2.46. The van der Waals surface area contributed by atoms with Gasteiger partial charge in [-0.25, -0.2) is 10.4 Å². The topological polar surface area (TPSA) is 47.9 Å². The summed E-state index contributed by atoms with van der Waals surface area (Å²) in [5, 5.41) is 2.38. The molecule has 0 aromatic carbocycles. The van der Waals surface area contributed by atoms with E-state index in [0.717, 1.165) is 24.4 Å². The van der Waals surface area contributed by atoms with Crippen molar-refractivity contribution in [3.63, 3.8) is 0 Å². The first-order valence-electron chi connectivity index (χ1n) is 8.37. The van der Waals surface area contributed by atoms with Crippen molar-refractivity contribution in [2.24, 2.45) is 22.7 Å². The summed E-state index contributed by atoms with van der Waals surface area (Å²) >= 11 is 6.30. The second-order valence-corrected chi connectivity index (χ2v) is 7.39. The first-order valence-corrected chi connectivity index (χ1v) is 8.74. The predicted molar refractivity (Wildman–Crippen MR) is 95.8 cm³/mol. The SMILES string of the molecule is Cl.O=C1C=C2C(Cl)=NC=CN3NCC(=C23)[C@@H]1C1CN2CCC1CC2. The van der Waals surface area contributed by atoms with Gasteiger partial charge in [0.05, 0.1) is 11.6 Å². The number of fused-ring (bicyclic) bond motifs is 3. The van der Waals surface area contributed by atoms with Crippen LogP contribution in [0.2, 0.25) is 0 Å². The van der Waals surface area contributed by atoms with Gasteiger partial charge >= 0.3 is 0 Å². The van der Waals surface area contributed by atoms with E-state index >= 15 is 0 Å². The molecule has 3 saturated heterocycles. The summed E-state index contributed by atoms with van der Waals surface area (Å²) in [5.74, 6) is 1.32. The third-order valence-corrected chi connectivity index (χ3v) is 6.27. The smallest absolute Gasteiger partial charge is 0.164 e. The fourth-order valence-electron chi connectivity index (χ4n) is 4.90. The lowest BCUT2D eigenvalue weighted by Crippen LogP contribution is -2.51. The number of carbonyl (C=O) groups is 1. The van der Waals surface area contributed by atoms with E-state index in [1.165, 1.54) is 31.5 Å². The van der Waals surface area contributed by atoms with E-state index in [1.54, 1.807) is 12.3 Å². The Morgan fingerprint density at radius 1 is 1.29 bits per heavy atom. The van der Waals surface area contributed by atoms with Gasteiger partial charge in [0, 0.05) is 31.1 Å². The quantitative estimate of drug-likeness (QED) is 0.771. The van der Waals surface area contributed by atoms with Crippen molar-refractivity contribution in [1.29, 1.82) is 0 Å². The van der Waals surface area contributed by atoms with Crippen LogP contribution >= 0.6 is 24.0 Å². The first-order chi connectivity index (χ1) is 11.2. The number of ketones is 1. The van der Waals surface area contributed by atoms with E-state index in [1.807, 2.05) is 11.2 Å². The van der Waals surface area contributed by atoms with Crippen LogP contribution in [0.5, 0.6) is 0 Å². The fourth-order valence-corrected chi connectivity index (χ4v) is 5.10. The standard InChI is InChI=1S/C17H19ClN4O.ClH/c18-17-11-7-14(23)15(13-9-21-4-1-10(13)2-5-21)12-8-20-22(16(11)12)6-3-19-17;/h3,6-7,10,13,15,20H,1-2,4-5,8-9H2;1H/t13?,15-;/m1./s1. The second kappa shape index (κ2) is 5.99. The molecule has 0 aromatic heterocycles. The number of allylic oxidation sites excluding steroid dienone is 2. The lowest BCUT2D eigenvalue weighted by molar-refractivity contribution is -0.121. The van der Waals surface area contributed by atoms with E-state index in [9.17, 15) is 4.79 Å². The van der Waals surface area contributed by atoms with Gasteiger partial charge in [-0.2, -0.15) is 0 Å². The molecule has 5 nitrogen and oxygen atoms in total. The van der Waals surface area contributed by atoms with Crippen molar-refractivity contribution in [2.45, 2.75) is 12.8 Å². The van der Waals surface area contributed by atoms with Crippen molar-refractivity contribution in [1.82, 2.24) is 15.3 Å². The van der Waals surface area contributed by atoms with Gasteiger partial charge in [-0.05, 0) is 49.4 Å². The highest BCUT2D eigenvalue weighted by atomic mass is 35.5. The molecular formula is C17H20Cl2N4O. The number of carbonyl (C=O) groups excluding carboxylic acids is 1. The van der Waals surface area contributed by atoms with Crippen LogP contribution in [0.4, 0.5) is 0 Å². The van der Waals surface area contributed by atoms with Crippen LogP contribution in [0.1, 0.15) is 12.8 Å². The van der Waals surface area contributed by atoms with Crippen molar-refractivity contribution >= 4 is 35.0 Å². The molecule has 6 rings (SSSR count). The Hall–Kier alpha value is -1.14. The molecule has 0 spiro atoms. The molecule has 0 amide bonds. The summed E-state index contributed by atoms with van der Waals surface area (Å²) in [6.07, 6.45) is 7.74. The molecule has 0 aromatic rings. The van der Waals surface area contributed by atoms with Crippen LogP contribution in [0, 0.1) is 17.8 Å². The Balaban J connectivity index is 0.00000146. The minimum absolute atomic E-state index is 0. The summed E-state index contributed by atoms with van der Waals surface area (Å²) in [4.78, 5) is 19.7. The van der Waals surface area contributed by atoms with E-state index in [4.69, 9.17) is 11.6 Å². The van der Waals surface area contributed by atoms with Crippen molar-refractivity contribution in [3.8, 4) is 0 Å². The van der Waals surface area contributed by atoms with Crippen LogP contribution < -0.4 is 5.43 Å². The van der Waals surface area contributed by atoms with E-state index < -0.39 is 0 Å². The molecule has 3 fully saturated rings. The molecule has 5 aliphatic heterocycles. The van der Waals surface area contributed by atoms with E-state index in [-0.39, 0.29) is 24.1 Å². The van der Waals surface area contributed by atoms with Crippen molar-refractivity contribution in [3.05, 3.63) is 35.3 Å². The monoisotopic (exact) mass is 366 g/mol. The molecule has 7 heteroatoms. The van der Waals surface area contributed by atoms with Gasteiger partial charge in [-0.15, -0.1) is 12.4 Å². The average Bonchev–Trinajstić information content (AvgIpc) is 2.91. The lowest BCUT2D eigenvalue weighted by Gasteiger charge is -2.48. The lowest BCUT2D eigenvalue weighted by atomic mass is 9.67. The molecule has 2 bridgehead atoms. The fraction of sp³-hybridized carbons (Fsp3) is 0.529. The Bertz CT molecular complexity index is 703. The molecule has 6 aliphatic rings. The average molecular weight is 367 g/mol. The maximum Gasteiger partial charge on any atom is 0.164 e. The number of nitrogens with one attached hydrogen (secondary N) is 1. The number of hydrogen-bond donors (Lipinski definition) is 1. The maximum atomic E-state index is 13.0. The van der Waals surface area contributed by atoms with Gasteiger partial charge in [0.15, 0.2) is 5.78 Å². The number of hydrogen-bond acceptors (Lipinski definition) is 5. The molecule has 128 valence electrons. The van der Waals surface area contributed by atoms with E-state index in [2.05, 4.69) is 15.3 Å². The van der Waals surface area contributed by atoms with E-state index in [0.29, 0.717) is 17.0 Å². The maximum absolute atomic E-state index is 13.0. The van der Waals surface area contributed by atoms with Crippen molar-refractivity contribution in [2.75, 3.05) is 26.2 Å². The molecular weight excluding hydrogens is 347 g/mol. The Labute approximate surface area is 152 Å². The number of halogens is 2. The van der Waals surface area contributed by atoms with Gasteiger partial charge < -0.3 is 4.90 Å². The zero-order valence-electron chi connectivity index (χ0n) is 13.2. The van der Waals surface area contributed by atoms with Crippen LogP contribution in [0.3, 0.4) is 0 Å².